The number of aryl methyl sites for hydroxylation is 1. The van der Waals surface area contributed by atoms with Crippen LogP contribution in [0.3, 0.4) is 0 Å². The summed E-state index contributed by atoms with van der Waals surface area (Å²) in [5, 5.41) is 2.92. The summed E-state index contributed by atoms with van der Waals surface area (Å²) < 4.78 is 5.68. The Morgan fingerprint density at radius 3 is 2.83 bits per heavy atom. The molecule has 0 saturated carbocycles. The number of benzene rings is 1. The van der Waals surface area contributed by atoms with Crippen LogP contribution < -0.4 is 15.4 Å². The van der Waals surface area contributed by atoms with Crippen molar-refractivity contribution in [2.75, 3.05) is 4.90 Å². The number of carbonyl (C=O) groups excluding carboxylic acids is 2. The smallest absolute Gasteiger partial charge is 0.268 e. The van der Waals surface area contributed by atoms with Gasteiger partial charge in [-0.05, 0) is 38.5 Å². The lowest BCUT2D eigenvalue weighted by molar-refractivity contribution is -0.129. The van der Waals surface area contributed by atoms with Crippen molar-refractivity contribution >= 4 is 28.8 Å². The number of hydrogen-bond acceptors (Lipinski definition) is 5. The van der Waals surface area contributed by atoms with Gasteiger partial charge in [-0.25, -0.2) is 4.98 Å². The minimum Gasteiger partial charge on any atom is -0.479 e. The Kier molecular flexibility index (Phi) is 4.28. The predicted molar refractivity (Wildman–Crippen MR) is 93.1 cm³/mol. The van der Waals surface area contributed by atoms with Crippen molar-refractivity contribution in [1.82, 2.24) is 4.98 Å². The fourth-order valence-corrected chi connectivity index (χ4v) is 3.47. The van der Waals surface area contributed by atoms with Gasteiger partial charge < -0.3 is 10.5 Å². The molecule has 2 unspecified atom stereocenters. The molecule has 6 nitrogen and oxygen atoms in total. The number of rotatable bonds is 4. The second-order valence-electron chi connectivity index (χ2n) is 5.73. The van der Waals surface area contributed by atoms with E-state index in [0.29, 0.717) is 17.9 Å². The van der Waals surface area contributed by atoms with Gasteiger partial charge in [0, 0.05) is 10.9 Å². The molecule has 3 rings (SSSR count). The normalized spacial score (nSPS) is 18.0. The summed E-state index contributed by atoms with van der Waals surface area (Å²) in [7, 11) is 0. The molecule has 2 atom stereocenters. The number of hydrogen-bond donors (Lipinski definition) is 1. The van der Waals surface area contributed by atoms with E-state index in [1.54, 1.807) is 18.3 Å². The van der Waals surface area contributed by atoms with Crippen LogP contribution in [0.5, 0.6) is 5.75 Å². The molecule has 1 aliphatic rings. The molecule has 0 spiro atoms. The molecule has 2 aromatic rings. The number of anilines is 1. The maximum absolute atomic E-state index is 12.6. The lowest BCUT2D eigenvalue weighted by Crippen LogP contribution is -2.54. The summed E-state index contributed by atoms with van der Waals surface area (Å²) in [6, 6.07) is 4.84. The molecule has 0 radical (unpaired) electrons. The lowest BCUT2D eigenvalue weighted by atomic mass is 10.0. The third kappa shape index (κ3) is 2.75. The van der Waals surface area contributed by atoms with Gasteiger partial charge in [-0.15, -0.1) is 11.3 Å². The topological polar surface area (TPSA) is 85.5 Å². The monoisotopic (exact) mass is 345 g/mol. The average molecular weight is 345 g/mol. The molecule has 1 aromatic heterocycles. The quantitative estimate of drug-likeness (QED) is 0.922. The number of primary amides is 1. The van der Waals surface area contributed by atoms with Crippen molar-refractivity contribution in [1.29, 1.82) is 0 Å². The SMILES string of the molecule is CCC(C(N)=O)N1C(=O)C(C)Oc2ccc(-c3csc(C)n3)cc21. The summed E-state index contributed by atoms with van der Waals surface area (Å²) in [5.41, 5.74) is 7.77. The van der Waals surface area contributed by atoms with Gasteiger partial charge in [0.25, 0.3) is 5.91 Å². The Morgan fingerprint density at radius 2 is 2.25 bits per heavy atom. The van der Waals surface area contributed by atoms with Crippen LogP contribution in [0.1, 0.15) is 25.3 Å². The van der Waals surface area contributed by atoms with E-state index in [1.165, 1.54) is 4.90 Å². The second-order valence-corrected chi connectivity index (χ2v) is 6.79. The molecule has 1 aliphatic heterocycles. The fraction of sp³-hybridized carbons (Fsp3) is 0.353. The van der Waals surface area contributed by atoms with Gasteiger partial charge in [0.15, 0.2) is 6.10 Å². The summed E-state index contributed by atoms with van der Waals surface area (Å²) in [4.78, 5) is 30.4. The highest BCUT2D eigenvalue weighted by Crippen LogP contribution is 2.39. The number of nitrogens with zero attached hydrogens (tertiary/aromatic N) is 2. The van der Waals surface area contributed by atoms with Crippen LogP contribution >= 0.6 is 11.3 Å². The molecule has 2 N–H and O–H groups in total. The van der Waals surface area contributed by atoms with E-state index in [1.807, 2.05) is 37.4 Å². The van der Waals surface area contributed by atoms with Crippen molar-refractivity contribution < 1.29 is 14.3 Å². The molecule has 2 amide bonds. The molecule has 1 aromatic carbocycles. The fourth-order valence-electron chi connectivity index (χ4n) is 2.85. The van der Waals surface area contributed by atoms with E-state index in [-0.39, 0.29) is 5.91 Å². The van der Waals surface area contributed by atoms with Crippen LogP contribution in [0.4, 0.5) is 5.69 Å². The van der Waals surface area contributed by atoms with Crippen LogP contribution in [-0.2, 0) is 9.59 Å². The van der Waals surface area contributed by atoms with Crippen molar-refractivity contribution in [3.8, 4) is 17.0 Å². The minimum absolute atomic E-state index is 0.264. The van der Waals surface area contributed by atoms with E-state index in [4.69, 9.17) is 10.5 Å². The number of nitrogens with two attached hydrogens (primary N) is 1. The van der Waals surface area contributed by atoms with Crippen LogP contribution in [0.2, 0.25) is 0 Å². The first-order chi connectivity index (χ1) is 11.4. The first kappa shape index (κ1) is 16.4. The van der Waals surface area contributed by atoms with E-state index < -0.39 is 18.1 Å². The predicted octanol–water partition coefficient (Wildman–Crippen LogP) is 2.50. The molecular formula is C17H19N3O3S. The lowest BCUT2D eigenvalue weighted by Gasteiger charge is -2.36. The largest absolute Gasteiger partial charge is 0.479 e. The highest BCUT2D eigenvalue weighted by molar-refractivity contribution is 7.09. The van der Waals surface area contributed by atoms with E-state index in [0.717, 1.165) is 16.3 Å². The highest BCUT2D eigenvalue weighted by Gasteiger charge is 2.38. The van der Waals surface area contributed by atoms with Gasteiger partial charge in [0.2, 0.25) is 5.91 Å². The van der Waals surface area contributed by atoms with Gasteiger partial charge in [0.05, 0.1) is 16.4 Å². The first-order valence-corrected chi connectivity index (χ1v) is 8.66. The third-order valence-electron chi connectivity index (χ3n) is 4.05. The Labute approximate surface area is 144 Å². The maximum atomic E-state index is 12.6. The Morgan fingerprint density at radius 1 is 1.50 bits per heavy atom. The number of carbonyl (C=O) groups is 2. The second kappa shape index (κ2) is 6.24. The van der Waals surface area contributed by atoms with Crippen molar-refractivity contribution in [3.05, 3.63) is 28.6 Å². The Balaban J connectivity index is 2.12. The van der Waals surface area contributed by atoms with E-state index in [9.17, 15) is 9.59 Å². The number of fused-ring (bicyclic) bond motifs is 1. The molecule has 2 heterocycles. The average Bonchev–Trinajstić information content (AvgIpc) is 2.97. The highest BCUT2D eigenvalue weighted by atomic mass is 32.1. The minimum atomic E-state index is -0.699. The van der Waals surface area contributed by atoms with Crippen LogP contribution in [0.15, 0.2) is 23.6 Å². The van der Waals surface area contributed by atoms with Crippen molar-refractivity contribution in [2.24, 2.45) is 5.73 Å². The molecule has 0 fully saturated rings. The van der Waals surface area contributed by atoms with E-state index in [2.05, 4.69) is 4.98 Å². The van der Waals surface area contributed by atoms with Crippen molar-refractivity contribution in [3.63, 3.8) is 0 Å². The molecule has 0 aliphatic carbocycles. The molecular weight excluding hydrogens is 326 g/mol. The maximum Gasteiger partial charge on any atom is 0.268 e. The van der Waals surface area contributed by atoms with Gasteiger partial charge in [-0.3, -0.25) is 14.5 Å². The standard InChI is InChI=1S/C17H19N3O3S/c1-4-13(16(18)21)20-14-7-11(12-8-24-10(3)19-12)5-6-15(14)23-9(2)17(20)22/h5-9,13H,4H2,1-3H3,(H2,18,21). The van der Waals surface area contributed by atoms with Gasteiger partial charge >= 0.3 is 0 Å². The summed E-state index contributed by atoms with van der Waals surface area (Å²) in [5.74, 6) is -0.224. The van der Waals surface area contributed by atoms with Crippen LogP contribution in [0, 0.1) is 6.92 Å². The van der Waals surface area contributed by atoms with Crippen LogP contribution in [0.25, 0.3) is 11.3 Å². The number of aromatic nitrogens is 1. The van der Waals surface area contributed by atoms with Crippen molar-refractivity contribution in [2.45, 2.75) is 39.3 Å². The Bertz CT molecular complexity index is 802. The molecule has 24 heavy (non-hydrogen) atoms. The summed E-state index contributed by atoms with van der Waals surface area (Å²) in [6.45, 7) is 5.44. The molecule has 7 heteroatoms. The van der Waals surface area contributed by atoms with E-state index >= 15 is 0 Å². The Hall–Kier alpha value is -2.41. The summed E-state index contributed by atoms with van der Waals surface area (Å²) >= 11 is 1.56. The zero-order valence-electron chi connectivity index (χ0n) is 13.8. The van der Waals surface area contributed by atoms with Gasteiger partial charge in [-0.1, -0.05) is 6.92 Å². The van der Waals surface area contributed by atoms with Crippen LogP contribution in [-0.4, -0.2) is 28.9 Å². The first-order valence-electron chi connectivity index (χ1n) is 7.78. The summed E-state index contributed by atoms with van der Waals surface area (Å²) in [6.07, 6.45) is -0.217. The zero-order chi connectivity index (χ0) is 17.4. The molecule has 126 valence electrons. The number of amides is 2. The third-order valence-corrected chi connectivity index (χ3v) is 4.82. The molecule has 0 saturated heterocycles. The number of thiazole rings is 1. The number of ether oxygens (including phenoxy) is 1. The zero-order valence-corrected chi connectivity index (χ0v) is 14.6. The molecule has 0 bridgehead atoms. The van der Waals surface area contributed by atoms with Gasteiger partial charge in [0.1, 0.15) is 11.8 Å². The van der Waals surface area contributed by atoms with Gasteiger partial charge in [-0.2, -0.15) is 0 Å².